The fourth-order valence-electron chi connectivity index (χ4n) is 4.05. The minimum atomic E-state index is -0.994. The molecular formula is C18H30N2O2. The summed E-state index contributed by atoms with van der Waals surface area (Å²) in [6, 6.07) is 0. The van der Waals surface area contributed by atoms with Gasteiger partial charge in [-0.3, -0.25) is 9.59 Å². The van der Waals surface area contributed by atoms with Gasteiger partial charge in [-0.1, -0.05) is 39.0 Å². The quantitative estimate of drug-likeness (QED) is 0.606. The van der Waals surface area contributed by atoms with Crippen molar-refractivity contribution in [3.05, 3.63) is 11.8 Å². The predicted octanol–water partition coefficient (Wildman–Crippen LogP) is 3.02. The summed E-state index contributed by atoms with van der Waals surface area (Å²) in [7, 11) is 0. The number of primary amides is 1. The lowest BCUT2D eigenvalue weighted by Crippen LogP contribution is -2.58. The molecule has 22 heavy (non-hydrogen) atoms. The molecule has 1 atom stereocenters. The lowest BCUT2D eigenvalue weighted by molar-refractivity contribution is -0.145. The predicted molar refractivity (Wildman–Crippen MR) is 88.1 cm³/mol. The highest BCUT2D eigenvalue weighted by atomic mass is 16.2. The monoisotopic (exact) mass is 306 g/mol. The Morgan fingerprint density at radius 3 is 2.59 bits per heavy atom. The maximum Gasteiger partial charge on any atom is 0.233 e. The van der Waals surface area contributed by atoms with E-state index in [1.807, 2.05) is 6.92 Å². The second kappa shape index (κ2) is 7.30. The molecular weight excluding hydrogens is 276 g/mol. The normalized spacial score (nSPS) is 26.9. The van der Waals surface area contributed by atoms with E-state index >= 15 is 0 Å². The van der Waals surface area contributed by atoms with Gasteiger partial charge in [-0.25, -0.2) is 0 Å². The third-order valence-electron chi connectivity index (χ3n) is 5.49. The number of allylic oxidation sites excluding steroid dienone is 2. The van der Waals surface area contributed by atoms with Crippen molar-refractivity contribution in [3.8, 4) is 0 Å². The molecule has 0 spiro atoms. The van der Waals surface area contributed by atoms with Crippen molar-refractivity contribution in [3.63, 3.8) is 0 Å². The van der Waals surface area contributed by atoms with Crippen LogP contribution in [0.5, 0.6) is 0 Å². The van der Waals surface area contributed by atoms with E-state index < -0.39 is 11.3 Å². The second-order valence-corrected chi connectivity index (χ2v) is 6.95. The van der Waals surface area contributed by atoms with Crippen LogP contribution < -0.4 is 5.73 Å². The topological polar surface area (TPSA) is 63.4 Å². The minimum absolute atomic E-state index is 0.0591. The van der Waals surface area contributed by atoms with E-state index in [1.54, 1.807) is 6.08 Å². The summed E-state index contributed by atoms with van der Waals surface area (Å²) in [6.07, 6.45) is 10.4. The van der Waals surface area contributed by atoms with Gasteiger partial charge in [0.1, 0.15) is 5.41 Å². The summed E-state index contributed by atoms with van der Waals surface area (Å²) in [4.78, 5) is 27.3. The van der Waals surface area contributed by atoms with Crippen molar-refractivity contribution in [1.82, 2.24) is 4.90 Å². The Morgan fingerprint density at radius 2 is 2.00 bits per heavy atom. The highest BCUT2D eigenvalue weighted by molar-refractivity contribution is 6.12. The molecule has 2 aliphatic rings. The molecule has 0 saturated heterocycles. The summed E-state index contributed by atoms with van der Waals surface area (Å²) < 4.78 is 0. The number of nitrogens with two attached hydrogens (primary N) is 1. The molecule has 0 aromatic rings. The fourth-order valence-corrected chi connectivity index (χ4v) is 4.05. The standard InChI is InChI=1S/C18H30N2O2/c1-3-4-8-11-20-13-18(17(19)22,16(21)12-14(20)2)15-9-6-5-7-10-15/h12,15H,3-11,13H2,1-2H3,(H2,19,22). The minimum Gasteiger partial charge on any atom is -0.373 e. The Balaban J connectivity index is 2.24. The van der Waals surface area contributed by atoms with Gasteiger partial charge in [0.2, 0.25) is 5.91 Å². The molecule has 1 saturated carbocycles. The molecule has 0 radical (unpaired) electrons. The molecule has 0 aromatic heterocycles. The lowest BCUT2D eigenvalue weighted by Gasteiger charge is -2.45. The molecule has 124 valence electrons. The van der Waals surface area contributed by atoms with Crippen LogP contribution in [0.2, 0.25) is 0 Å². The van der Waals surface area contributed by atoms with Gasteiger partial charge in [0.25, 0.3) is 0 Å². The second-order valence-electron chi connectivity index (χ2n) is 6.95. The van der Waals surface area contributed by atoms with Gasteiger partial charge in [0.05, 0.1) is 0 Å². The van der Waals surface area contributed by atoms with Crippen molar-refractivity contribution in [1.29, 1.82) is 0 Å². The third-order valence-corrected chi connectivity index (χ3v) is 5.49. The van der Waals surface area contributed by atoms with Crippen LogP contribution in [0.15, 0.2) is 11.8 Å². The van der Waals surface area contributed by atoms with Crippen molar-refractivity contribution >= 4 is 11.7 Å². The maximum absolute atomic E-state index is 12.7. The molecule has 0 bridgehead atoms. The Morgan fingerprint density at radius 1 is 1.32 bits per heavy atom. The summed E-state index contributed by atoms with van der Waals surface area (Å²) >= 11 is 0. The summed E-state index contributed by atoms with van der Waals surface area (Å²) in [5.41, 5.74) is 5.76. The summed E-state index contributed by atoms with van der Waals surface area (Å²) in [6.45, 7) is 5.54. The highest BCUT2D eigenvalue weighted by Crippen LogP contribution is 2.43. The molecule has 0 aromatic carbocycles. The van der Waals surface area contributed by atoms with E-state index in [0.717, 1.165) is 44.3 Å². The van der Waals surface area contributed by atoms with Crippen molar-refractivity contribution in [2.45, 2.75) is 65.2 Å². The molecule has 1 heterocycles. The van der Waals surface area contributed by atoms with Gasteiger partial charge in [0.15, 0.2) is 5.78 Å². The third kappa shape index (κ3) is 3.21. The van der Waals surface area contributed by atoms with E-state index in [2.05, 4.69) is 11.8 Å². The van der Waals surface area contributed by atoms with Crippen LogP contribution in [-0.2, 0) is 9.59 Å². The number of hydrogen-bond acceptors (Lipinski definition) is 3. The van der Waals surface area contributed by atoms with Crippen LogP contribution in [0.3, 0.4) is 0 Å². The van der Waals surface area contributed by atoms with Crippen molar-refractivity contribution in [2.24, 2.45) is 17.1 Å². The number of carbonyl (C=O) groups excluding carboxylic acids is 2. The molecule has 2 rings (SSSR count). The highest BCUT2D eigenvalue weighted by Gasteiger charge is 2.52. The summed E-state index contributed by atoms with van der Waals surface area (Å²) in [5, 5.41) is 0. The number of carbonyl (C=O) groups is 2. The van der Waals surface area contributed by atoms with Gasteiger partial charge in [-0.2, -0.15) is 0 Å². The van der Waals surface area contributed by atoms with Crippen LogP contribution in [0.4, 0.5) is 0 Å². The number of unbranched alkanes of at least 4 members (excludes halogenated alkanes) is 2. The van der Waals surface area contributed by atoms with Crippen LogP contribution >= 0.6 is 0 Å². The lowest BCUT2D eigenvalue weighted by atomic mass is 9.64. The molecule has 1 unspecified atom stereocenters. The van der Waals surface area contributed by atoms with E-state index in [-0.39, 0.29) is 11.7 Å². The Bertz CT molecular complexity index is 452. The van der Waals surface area contributed by atoms with E-state index in [1.165, 1.54) is 19.3 Å². The van der Waals surface area contributed by atoms with Gasteiger partial charge < -0.3 is 10.6 Å². The molecule has 4 nitrogen and oxygen atoms in total. The summed E-state index contributed by atoms with van der Waals surface area (Å²) in [5.74, 6) is -0.367. The average Bonchev–Trinajstić information content (AvgIpc) is 2.50. The Kier molecular flexibility index (Phi) is 5.65. The first kappa shape index (κ1) is 17.0. The molecule has 1 amide bonds. The van der Waals surface area contributed by atoms with Gasteiger partial charge in [-0.05, 0) is 32.1 Å². The Hall–Kier alpha value is -1.32. The van der Waals surface area contributed by atoms with E-state index in [0.29, 0.717) is 6.54 Å². The zero-order valence-corrected chi connectivity index (χ0v) is 14.1. The molecule has 1 aliphatic heterocycles. The van der Waals surface area contributed by atoms with Crippen molar-refractivity contribution in [2.75, 3.05) is 13.1 Å². The number of rotatable bonds is 6. The molecule has 1 fully saturated rings. The smallest absolute Gasteiger partial charge is 0.233 e. The van der Waals surface area contributed by atoms with Gasteiger partial charge in [0, 0.05) is 24.9 Å². The zero-order chi connectivity index (χ0) is 16.2. The molecule has 1 aliphatic carbocycles. The first-order valence-corrected chi connectivity index (χ1v) is 8.80. The van der Waals surface area contributed by atoms with Crippen molar-refractivity contribution < 1.29 is 9.59 Å². The maximum atomic E-state index is 12.7. The number of amides is 1. The van der Waals surface area contributed by atoms with Gasteiger partial charge in [-0.15, -0.1) is 0 Å². The Labute approximate surface area is 134 Å². The fraction of sp³-hybridized carbons (Fsp3) is 0.778. The number of hydrogen-bond donors (Lipinski definition) is 1. The molecule has 2 N–H and O–H groups in total. The van der Waals surface area contributed by atoms with E-state index in [4.69, 9.17) is 5.73 Å². The zero-order valence-electron chi connectivity index (χ0n) is 14.1. The van der Waals surface area contributed by atoms with E-state index in [9.17, 15) is 9.59 Å². The van der Waals surface area contributed by atoms with Crippen LogP contribution in [-0.4, -0.2) is 29.7 Å². The SMILES string of the molecule is CCCCCN1CC(C(N)=O)(C2CCCCC2)C(=O)C=C1C. The van der Waals surface area contributed by atoms with Crippen LogP contribution in [0.1, 0.15) is 65.2 Å². The first-order valence-electron chi connectivity index (χ1n) is 8.80. The molecule has 4 heteroatoms. The van der Waals surface area contributed by atoms with Gasteiger partial charge >= 0.3 is 0 Å². The average molecular weight is 306 g/mol. The number of ketones is 1. The number of nitrogens with zero attached hydrogens (tertiary/aromatic N) is 1. The largest absolute Gasteiger partial charge is 0.373 e. The van der Waals surface area contributed by atoms with Crippen LogP contribution in [0, 0.1) is 11.3 Å². The van der Waals surface area contributed by atoms with Crippen LogP contribution in [0.25, 0.3) is 0 Å². The first-order chi connectivity index (χ1) is 10.5.